The van der Waals surface area contributed by atoms with E-state index in [0.717, 1.165) is 6.42 Å². The molecule has 0 saturated carbocycles. The van der Waals surface area contributed by atoms with Gasteiger partial charge in [0.2, 0.25) is 0 Å². The Balaban J connectivity index is 1.80. The van der Waals surface area contributed by atoms with Gasteiger partial charge in [0.1, 0.15) is 5.78 Å². The molecule has 1 saturated heterocycles. The molecule has 0 radical (unpaired) electrons. The van der Waals surface area contributed by atoms with Crippen LogP contribution in [0.3, 0.4) is 0 Å². The molecule has 1 aromatic heterocycles. The van der Waals surface area contributed by atoms with Crippen LogP contribution in [0.1, 0.15) is 49.8 Å². The number of halogens is 5. The second-order valence-electron chi connectivity index (χ2n) is 10.2. The van der Waals surface area contributed by atoms with E-state index in [-0.39, 0.29) is 55.6 Å². The van der Waals surface area contributed by atoms with E-state index < -0.39 is 44.8 Å². The molecule has 222 valence electrons. The number of H-pyrrole nitrogens is 1. The number of likely N-dealkylation sites (tertiary alicyclic amines) is 1. The predicted octanol–water partition coefficient (Wildman–Crippen LogP) is 5.05. The summed E-state index contributed by atoms with van der Waals surface area (Å²) in [6.07, 6.45) is -3.09. The smallest absolute Gasteiger partial charge is 0.305 e. The summed E-state index contributed by atoms with van der Waals surface area (Å²) in [6.45, 7) is 3.21. The summed E-state index contributed by atoms with van der Waals surface area (Å²) in [5.41, 5.74) is -3.60. The molecule has 3 aromatic rings. The molecular formula is C27H28Cl2F3N3O5S. The third-order valence-corrected chi connectivity index (χ3v) is 9.83. The van der Waals surface area contributed by atoms with E-state index in [4.69, 9.17) is 23.2 Å². The number of hydrogen-bond donors (Lipinski definition) is 1. The molecule has 1 fully saturated rings. The maximum atomic E-state index is 14.3. The maximum absolute atomic E-state index is 14.3. The molecule has 0 unspecified atom stereocenters. The zero-order valence-electron chi connectivity index (χ0n) is 22.3. The highest BCUT2D eigenvalue weighted by Crippen LogP contribution is 2.39. The van der Waals surface area contributed by atoms with Crippen molar-refractivity contribution in [1.29, 1.82) is 0 Å². The number of fused-ring (bicyclic) bond motifs is 1. The van der Waals surface area contributed by atoms with Crippen LogP contribution in [0.25, 0.3) is 10.9 Å². The van der Waals surface area contributed by atoms with E-state index in [1.807, 2.05) is 0 Å². The van der Waals surface area contributed by atoms with Crippen molar-refractivity contribution in [1.82, 2.24) is 14.5 Å². The normalized spacial score (nSPS) is 16.5. The molecule has 2 heterocycles. The van der Waals surface area contributed by atoms with Gasteiger partial charge in [-0.15, -0.1) is 0 Å². The Labute approximate surface area is 244 Å². The largest absolute Gasteiger partial charge is 0.416 e. The number of nitrogens with zero attached hydrogens (tertiary/aromatic N) is 2. The first-order valence-electron chi connectivity index (χ1n) is 12.9. The fraction of sp³-hybridized carbons (Fsp3) is 0.444. The summed E-state index contributed by atoms with van der Waals surface area (Å²) in [4.78, 5) is 41.9. The van der Waals surface area contributed by atoms with Crippen LogP contribution in [0.15, 0.2) is 38.8 Å². The lowest BCUT2D eigenvalue weighted by Crippen LogP contribution is -2.36. The van der Waals surface area contributed by atoms with Crippen molar-refractivity contribution in [3.63, 3.8) is 0 Å². The molecule has 1 aliphatic rings. The first-order valence-corrected chi connectivity index (χ1v) is 15.3. The van der Waals surface area contributed by atoms with Crippen LogP contribution in [-0.2, 0) is 33.9 Å². The highest BCUT2D eigenvalue weighted by molar-refractivity contribution is 7.91. The van der Waals surface area contributed by atoms with Gasteiger partial charge in [-0.05, 0) is 67.6 Å². The number of carbonyl (C=O) groups is 1. The molecule has 0 bridgehead atoms. The van der Waals surface area contributed by atoms with Gasteiger partial charge in [0.05, 0.1) is 38.7 Å². The second kappa shape index (κ2) is 11.9. The Morgan fingerprint density at radius 2 is 1.85 bits per heavy atom. The molecule has 0 aliphatic carbocycles. The number of carbonyl (C=O) groups excluding carboxylic acids is 1. The molecule has 14 heteroatoms. The van der Waals surface area contributed by atoms with E-state index >= 15 is 0 Å². The van der Waals surface area contributed by atoms with Crippen molar-refractivity contribution < 1.29 is 26.4 Å². The van der Waals surface area contributed by atoms with Gasteiger partial charge in [-0.25, -0.2) is 13.2 Å². The highest BCUT2D eigenvalue weighted by atomic mass is 35.5. The van der Waals surface area contributed by atoms with E-state index in [1.165, 1.54) is 32.0 Å². The van der Waals surface area contributed by atoms with Crippen molar-refractivity contribution in [3.8, 4) is 0 Å². The van der Waals surface area contributed by atoms with Gasteiger partial charge in [0.15, 0.2) is 9.84 Å². The van der Waals surface area contributed by atoms with E-state index in [1.54, 1.807) is 4.90 Å². The van der Waals surface area contributed by atoms with Gasteiger partial charge >= 0.3 is 11.9 Å². The molecular weight excluding hydrogens is 606 g/mol. The van der Waals surface area contributed by atoms with Gasteiger partial charge in [-0.3, -0.25) is 14.3 Å². The molecule has 8 nitrogen and oxygen atoms in total. The summed E-state index contributed by atoms with van der Waals surface area (Å²) < 4.78 is 68.6. The Bertz CT molecular complexity index is 1740. The predicted molar refractivity (Wildman–Crippen MR) is 150 cm³/mol. The number of Topliss-reactive ketones (excluding diaryl/α,β-unsaturated/α-hetero) is 1. The summed E-state index contributed by atoms with van der Waals surface area (Å²) in [5, 5.41) is -0.702. The maximum Gasteiger partial charge on any atom is 0.416 e. The summed E-state index contributed by atoms with van der Waals surface area (Å²) in [7, 11) is -3.77. The Hall–Kier alpha value is -2.67. The number of hydrogen-bond acceptors (Lipinski definition) is 6. The van der Waals surface area contributed by atoms with Crippen molar-refractivity contribution >= 4 is 49.7 Å². The van der Waals surface area contributed by atoms with Gasteiger partial charge in [-0.1, -0.05) is 30.1 Å². The van der Waals surface area contributed by atoms with E-state index in [9.17, 15) is 36.0 Å². The minimum Gasteiger partial charge on any atom is -0.305 e. The van der Waals surface area contributed by atoms with E-state index in [2.05, 4.69) is 4.98 Å². The van der Waals surface area contributed by atoms with Gasteiger partial charge < -0.3 is 9.78 Å². The lowest BCUT2D eigenvalue weighted by atomic mass is 10.0. The average Bonchev–Trinajstić information content (AvgIpc) is 3.34. The highest BCUT2D eigenvalue weighted by Gasteiger charge is 2.37. The zero-order valence-corrected chi connectivity index (χ0v) is 24.6. The Morgan fingerprint density at radius 1 is 1.15 bits per heavy atom. The molecule has 4 rings (SSSR count). The van der Waals surface area contributed by atoms with Gasteiger partial charge in [0.25, 0.3) is 5.56 Å². The molecule has 1 atom stereocenters. The third-order valence-electron chi connectivity index (χ3n) is 7.35. The number of rotatable bonds is 9. The second-order valence-corrected chi connectivity index (χ2v) is 13.3. The summed E-state index contributed by atoms with van der Waals surface area (Å²) in [5.74, 6) is -0.0483. The average molecular weight is 635 g/mol. The van der Waals surface area contributed by atoms with Crippen LogP contribution in [-0.4, -0.2) is 47.5 Å². The monoisotopic (exact) mass is 633 g/mol. The van der Waals surface area contributed by atoms with Crippen molar-refractivity contribution in [2.75, 3.05) is 18.8 Å². The number of aromatic nitrogens is 2. The fourth-order valence-corrected chi connectivity index (χ4v) is 6.78. The van der Waals surface area contributed by atoms with Crippen molar-refractivity contribution in [2.45, 2.75) is 57.3 Å². The summed E-state index contributed by atoms with van der Waals surface area (Å²) >= 11 is 12.5. The molecule has 0 spiro atoms. The number of sulfone groups is 1. The van der Waals surface area contributed by atoms with Gasteiger partial charge in [-0.2, -0.15) is 13.2 Å². The number of ketones is 1. The molecule has 2 aromatic carbocycles. The minimum atomic E-state index is -4.86. The Kier molecular flexibility index (Phi) is 9.08. The van der Waals surface area contributed by atoms with Crippen LogP contribution in [0.5, 0.6) is 0 Å². The number of aromatic amines is 1. The standard InChI is InChI=1S/C27H28Cl2F3N3O5S/c1-3-41(39,40)22-7-6-18(28)10-17(22)13-35-25(37)19-11-21(27(30,31)32)20(23(29)24(19)33-26(35)38)14-34-9-8-16(12-34)5-4-15(2)36/h6-7,10-11,16H,3-5,8-9,12-14H2,1-2H3,(H,33,38)/t16-/m0/s1. The van der Waals surface area contributed by atoms with Crippen LogP contribution in [0.2, 0.25) is 10.0 Å². The lowest BCUT2D eigenvalue weighted by molar-refractivity contribution is -0.138. The Morgan fingerprint density at radius 3 is 2.49 bits per heavy atom. The topological polar surface area (TPSA) is 109 Å². The van der Waals surface area contributed by atoms with Crippen LogP contribution in [0.4, 0.5) is 13.2 Å². The molecule has 0 amide bonds. The minimum absolute atomic E-state index is 0.0402. The fourth-order valence-electron chi connectivity index (χ4n) is 5.17. The number of alkyl halides is 3. The number of benzene rings is 2. The zero-order chi connectivity index (χ0) is 30.3. The van der Waals surface area contributed by atoms with Crippen molar-refractivity contribution in [3.05, 3.63) is 71.8 Å². The van der Waals surface area contributed by atoms with E-state index in [0.29, 0.717) is 36.6 Å². The lowest BCUT2D eigenvalue weighted by Gasteiger charge is -2.22. The number of nitrogens with one attached hydrogen (secondary N) is 1. The quantitative estimate of drug-likeness (QED) is 0.353. The van der Waals surface area contributed by atoms with Crippen LogP contribution >= 0.6 is 23.2 Å². The van der Waals surface area contributed by atoms with Crippen LogP contribution in [0, 0.1) is 5.92 Å². The first kappa shape index (κ1) is 31.3. The molecule has 41 heavy (non-hydrogen) atoms. The van der Waals surface area contributed by atoms with Crippen molar-refractivity contribution in [2.24, 2.45) is 5.92 Å². The molecule has 1 aliphatic heterocycles. The summed E-state index contributed by atoms with van der Waals surface area (Å²) in [6, 6.07) is 4.57. The first-order chi connectivity index (χ1) is 19.1. The molecule has 1 N–H and O–H groups in total. The van der Waals surface area contributed by atoms with Gasteiger partial charge in [0, 0.05) is 24.5 Å². The SMILES string of the molecule is CCS(=O)(=O)c1ccc(Cl)cc1Cn1c(=O)[nH]c2c(Cl)c(CN3CC[C@H](CCC(C)=O)C3)c(C(F)(F)F)cc2c1=O. The van der Waals surface area contributed by atoms with Crippen LogP contribution < -0.4 is 11.2 Å². The third kappa shape index (κ3) is 6.71.